The van der Waals surface area contributed by atoms with E-state index in [9.17, 15) is 9.59 Å². The Hall–Kier alpha value is -1.10. The zero-order chi connectivity index (χ0) is 13.1. The standard InChI is InChI=1S/C12H23N3O2/c1-12(2)5-3-8(4-6-12)15-11(17)9(13)7-10(14)16/h8-9H,3-7,13H2,1-2H3,(H2,14,16)(H,15,17). The fraction of sp³-hybridized carbons (Fsp3) is 0.833. The van der Waals surface area contributed by atoms with E-state index in [0.29, 0.717) is 5.41 Å². The Morgan fingerprint density at radius 2 is 1.88 bits per heavy atom. The highest BCUT2D eigenvalue weighted by Gasteiger charge is 2.28. The highest BCUT2D eigenvalue weighted by molar-refractivity contribution is 5.87. The first-order chi connectivity index (χ1) is 7.80. The summed E-state index contributed by atoms with van der Waals surface area (Å²) in [4.78, 5) is 22.3. The van der Waals surface area contributed by atoms with E-state index in [1.807, 2.05) is 0 Å². The second-order valence-electron chi connectivity index (χ2n) is 5.72. The normalized spacial score (nSPS) is 21.8. The molecule has 0 saturated heterocycles. The predicted octanol–water partition coefficient (Wildman–Crippen LogP) is 0.274. The first-order valence-electron chi connectivity index (χ1n) is 6.14. The van der Waals surface area contributed by atoms with Crippen LogP contribution in [0.1, 0.15) is 46.0 Å². The van der Waals surface area contributed by atoms with Crippen LogP contribution in [0.5, 0.6) is 0 Å². The first kappa shape index (κ1) is 14.0. The number of nitrogens with two attached hydrogens (primary N) is 2. The molecule has 1 saturated carbocycles. The van der Waals surface area contributed by atoms with Crippen LogP contribution in [-0.4, -0.2) is 23.9 Å². The lowest BCUT2D eigenvalue weighted by atomic mass is 9.75. The van der Waals surface area contributed by atoms with Crippen molar-refractivity contribution in [2.24, 2.45) is 16.9 Å². The van der Waals surface area contributed by atoms with Crippen LogP contribution in [0, 0.1) is 5.41 Å². The van der Waals surface area contributed by atoms with Crippen molar-refractivity contribution in [2.75, 3.05) is 0 Å². The molecule has 5 N–H and O–H groups in total. The number of hydrogen-bond donors (Lipinski definition) is 3. The molecule has 0 aromatic heterocycles. The first-order valence-corrected chi connectivity index (χ1v) is 6.14. The van der Waals surface area contributed by atoms with Gasteiger partial charge in [0.25, 0.3) is 0 Å². The van der Waals surface area contributed by atoms with E-state index in [2.05, 4.69) is 19.2 Å². The van der Waals surface area contributed by atoms with E-state index in [-0.39, 0.29) is 18.4 Å². The summed E-state index contributed by atoms with van der Waals surface area (Å²) in [5, 5.41) is 2.89. The fourth-order valence-electron chi connectivity index (χ4n) is 2.16. The van der Waals surface area contributed by atoms with Crippen LogP contribution >= 0.6 is 0 Å². The van der Waals surface area contributed by atoms with Crippen LogP contribution in [0.4, 0.5) is 0 Å². The number of hydrogen-bond acceptors (Lipinski definition) is 3. The van der Waals surface area contributed by atoms with Gasteiger partial charge in [0.2, 0.25) is 11.8 Å². The molecule has 0 aliphatic heterocycles. The Morgan fingerprint density at radius 3 is 2.35 bits per heavy atom. The van der Waals surface area contributed by atoms with Crippen molar-refractivity contribution in [1.29, 1.82) is 0 Å². The van der Waals surface area contributed by atoms with Gasteiger partial charge in [-0.25, -0.2) is 0 Å². The molecule has 2 amide bonds. The molecule has 1 rings (SSSR count). The minimum absolute atomic E-state index is 0.0932. The average Bonchev–Trinajstić information content (AvgIpc) is 2.20. The molecule has 0 radical (unpaired) electrons. The number of nitrogens with one attached hydrogen (secondary N) is 1. The van der Waals surface area contributed by atoms with E-state index >= 15 is 0 Å². The highest BCUT2D eigenvalue weighted by Crippen LogP contribution is 2.34. The second kappa shape index (κ2) is 5.49. The molecule has 0 aromatic rings. The largest absolute Gasteiger partial charge is 0.370 e. The maximum Gasteiger partial charge on any atom is 0.237 e. The third-order valence-electron chi connectivity index (χ3n) is 3.44. The van der Waals surface area contributed by atoms with E-state index in [4.69, 9.17) is 11.5 Å². The number of rotatable bonds is 4. The van der Waals surface area contributed by atoms with Gasteiger partial charge in [-0.1, -0.05) is 13.8 Å². The molecule has 1 aliphatic rings. The monoisotopic (exact) mass is 241 g/mol. The maximum absolute atomic E-state index is 11.7. The van der Waals surface area contributed by atoms with Gasteiger partial charge in [-0.3, -0.25) is 9.59 Å². The molecule has 0 spiro atoms. The zero-order valence-electron chi connectivity index (χ0n) is 10.7. The van der Waals surface area contributed by atoms with Crippen LogP contribution in [0.25, 0.3) is 0 Å². The molecule has 0 heterocycles. The van der Waals surface area contributed by atoms with E-state index in [1.54, 1.807) is 0 Å². The Kier molecular flexibility index (Phi) is 4.51. The summed E-state index contributed by atoms with van der Waals surface area (Å²) in [6, 6.07) is -0.628. The van der Waals surface area contributed by atoms with Gasteiger partial charge in [-0.2, -0.15) is 0 Å². The van der Waals surface area contributed by atoms with Gasteiger partial charge in [0.05, 0.1) is 12.5 Å². The van der Waals surface area contributed by atoms with Gasteiger partial charge in [-0.15, -0.1) is 0 Å². The molecule has 1 fully saturated rings. The molecule has 17 heavy (non-hydrogen) atoms. The number of amides is 2. The maximum atomic E-state index is 11.7. The summed E-state index contributed by atoms with van der Waals surface area (Å²) in [5.74, 6) is -0.814. The van der Waals surface area contributed by atoms with Crippen LogP contribution in [0.2, 0.25) is 0 Å². The van der Waals surface area contributed by atoms with Crippen molar-refractivity contribution in [3.63, 3.8) is 0 Å². The number of carbonyl (C=O) groups is 2. The van der Waals surface area contributed by atoms with Crippen molar-refractivity contribution in [3.05, 3.63) is 0 Å². The SMILES string of the molecule is CC1(C)CCC(NC(=O)C(N)CC(N)=O)CC1. The summed E-state index contributed by atoms with van der Waals surface area (Å²) in [6.45, 7) is 4.48. The van der Waals surface area contributed by atoms with Gasteiger partial charge in [0, 0.05) is 6.04 Å². The lowest BCUT2D eigenvalue weighted by molar-refractivity contribution is -0.127. The van der Waals surface area contributed by atoms with E-state index < -0.39 is 11.9 Å². The highest BCUT2D eigenvalue weighted by atomic mass is 16.2. The lowest BCUT2D eigenvalue weighted by Gasteiger charge is -2.34. The number of primary amides is 1. The van der Waals surface area contributed by atoms with Crippen LogP contribution in [0.3, 0.4) is 0 Å². The molecule has 1 unspecified atom stereocenters. The third kappa shape index (κ3) is 4.73. The molecule has 0 aromatic carbocycles. The topological polar surface area (TPSA) is 98.2 Å². The Morgan fingerprint density at radius 1 is 1.35 bits per heavy atom. The lowest BCUT2D eigenvalue weighted by Crippen LogP contribution is -2.48. The molecule has 5 heteroatoms. The summed E-state index contributed by atoms with van der Waals surface area (Å²) < 4.78 is 0. The molecule has 1 aliphatic carbocycles. The van der Waals surface area contributed by atoms with Crippen molar-refractivity contribution < 1.29 is 9.59 Å². The third-order valence-corrected chi connectivity index (χ3v) is 3.44. The van der Waals surface area contributed by atoms with Crippen molar-refractivity contribution >= 4 is 11.8 Å². The fourth-order valence-corrected chi connectivity index (χ4v) is 2.16. The van der Waals surface area contributed by atoms with Crippen LogP contribution in [0.15, 0.2) is 0 Å². The molecule has 98 valence electrons. The summed E-state index contributed by atoms with van der Waals surface area (Å²) in [5.41, 5.74) is 10.9. The Labute approximate surface area is 102 Å². The Bertz CT molecular complexity index is 292. The summed E-state index contributed by atoms with van der Waals surface area (Å²) in [7, 11) is 0. The summed E-state index contributed by atoms with van der Waals surface area (Å²) in [6.07, 6.45) is 4.06. The Balaban J connectivity index is 2.35. The van der Waals surface area contributed by atoms with Gasteiger partial charge in [0.15, 0.2) is 0 Å². The van der Waals surface area contributed by atoms with Crippen molar-refractivity contribution in [1.82, 2.24) is 5.32 Å². The van der Waals surface area contributed by atoms with Crippen LogP contribution < -0.4 is 16.8 Å². The smallest absolute Gasteiger partial charge is 0.237 e. The molecule has 0 bridgehead atoms. The van der Waals surface area contributed by atoms with Gasteiger partial charge >= 0.3 is 0 Å². The molecular formula is C12H23N3O2. The summed E-state index contributed by atoms with van der Waals surface area (Å²) >= 11 is 0. The van der Waals surface area contributed by atoms with E-state index in [0.717, 1.165) is 25.7 Å². The molecule has 5 nitrogen and oxygen atoms in total. The predicted molar refractivity (Wildman–Crippen MR) is 66.0 cm³/mol. The van der Waals surface area contributed by atoms with E-state index in [1.165, 1.54) is 0 Å². The molecule has 1 atom stereocenters. The number of carbonyl (C=O) groups excluding carboxylic acids is 2. The average molecular weight is 241 g/mol. The quantitative estimate of drug-likeness (QED) is 0.659. The minimum Gasteiger partial charge on any atom is -0.370 e. The van der Waals surface area contributed by atoms with Gasteiger partial charge in [0.1, 0.15) is 0 Å². The van der Waals surface area contributed by atoms with Gasteiger partial charge < -0.3 is 16.8 Å². The van der Waals surface area contributed by atoms with Crippen molar-refractivity contribution in [3.8, 4) is 0 Å². The molecular weight excluding hydrogens is 218 g/mol. The second-order valence-corrected chi connectivity index (χ2v) is 5.72. The minimum atomic E-state index is -0.817. The zero-order valence-corrected chi connectivity index (χ0v) is 10.7. The van der Waals surface area contributed by atoms with Crippen molar-refractivity contribution in [2.45, 2.75) is 58.0 Å². The van der Waals surface area contributed by atoms with Crippen LogP contribution in [-0.2, 0) is 9.59 Å². The van der Waals surface area contributed by atoms with Gasteiger partial charge in [-0.05, 0) is 31.1 Å².